The number of benzene rings is 1. The summed E-state index contributed by atoms with van der Waals surface area (Å²) in [5, 5.41) is 3.07. The number of amides is 1. The van der Waals surface area contributed by atoms with Crippen molar-refractivity contribution in [2.24, 2.45) is 0 Å². The molecule has 0 unspecified atom stereocenters. The number of aromatic nitrogens is 2. The van der Waals surface area contributed by atoms with E-state index in [1.54, 1.807) is 43.3 Å². The van der Waals surface area contributed by atoms with Gasteiger partial charge in [-0.3, -0.25) is 4.79 Å². The Bertz CT molecular complexity index is 1140. The molecule has 0 aliphatic carbocycles. The summed E-state index contributed by atoms with van der Waals surface area (Å²) in [4.78, 5) is 17.0. The van der Waals surface area contributed by atoms with Crippen molar-refractivity contribution in [3.8, 4) is 0 Å². The van der Waals surface area contributed by atoms with Crippen molar-refractivity contribution in [3.63, 3.8) is 0 Å². The predicted molar refractivity (Wildman–Crippen MR) is 113 cm³/mol. The Morgan fingerprint density at radius 3 is 2.41 bits per heavy atom. The topological polar surface area (TPSA) is 81.1 Å². The van der Waals surface area contributed by atoms with E-state index < -0.39 is 15.7 Å². The van der Waals surface area contributed by atoms with Crippen molar-refractivity contribution in [3.05, 3.63) is 70.6 Å². The molecule has 0 fully saturated rings. The second-order valence-electron chi connectivity index (χ2n) is 6.68. The van der Waals surface area contributed by atoms with Crippen molar-refractivity contribution in [1.82, 2.24) is 9.55 Å². The molecule has 1 N–H and O–H groups in total. The van der Waals surface area contributed by atoms with E-state index in [0.717, 1.165) is 12.1 Å². The molecular formula is C21H22ClN3O3S. The summed E-state index contributed by atoms with van der Waals surface area (Å²) in [5.41, 5.74) is 1.70. The largest absolute Gasteiger partial charge is 0.331 e. The SMILES string of the molecule is CCCn1c(C)c(C)c(S(=O)(=O)c2ccccc2)c1NC(=O)c1ccc(Cl)nc1. The molecule has 29 heavy (non-hydrogen) atoms. The molecule has 152 valence electrons. The minimum atomic E-state index is -3.83. The number of rotatable bonds is 6. The smallest absolute Gasteiger partial charge is 0.258 e. The van der Waals surface area contributed by atoms with E-state index in [0.29, 0.717) is 12.1 Å². The number of sulfone groups is 1. The number of hydrogen-bond acceptors (Lipinski definition) is 4. The van der Waals surface area contributed by atoms with Gasteiger partial charge in [-0.25, -0.2) is 13.4 Å². The van der Waals surface area contributed by atoms with E-state index in [1.807, 2.05) is 18.4 Å². The molecule has 0 radical (unpaired) electrons. The second-order valence-corrected chi connectivity index (χ2v) is 8.95. The Hall–Kier alpha value is -2.64. The van der Waals surface area contributed by atoms with Gasteiger partial charge >= 0.3 is 0 Å². The molecule has 2 heterocycles. The molecule has 1 aromatic carbocycles. The first-order chi connectivity index (χ1) is 13.8. The van der Waals surface area contributed by atoms with Gasteiger partial charge in [0.25, 0.3) is 5.91 Å². The van der Waals surface area contributed by atoms with Crippen LogP contribution in [0.3, 0.4) is 0 Å². The van der Waals surface area contributed by atoms with Crippen LogP contribution in [0.4, 0.5) is 5.82 Å². The van der Waals surface area contributed by atoms with Crippen LogP contribution < -0.4 is 5.32 Å². The minimum absolute atomic E-state index is 0.116. The molecule has 2 aromatic heterocycles. The fraction of sp³-hybridized carbons (Fsp3) is 0.238. The summed E-state index contributed by atoms with van der Waals surface area (Å²) in [7, 11) is -3.83. The molecule has 3 aromatic rings. The normalized spacial score (nSPS) is 11.4. The van der Waals surface area contributed by atoms with Gasteiger partial charge in [-0.1, -0.05) is 36.7 Å². The van der Waals surface area contributed by atoms with Gasteiger partial charge in [0.05, 0.1) is 10.5 Å². The standard InChI is InChI=1S/C21H22ClN3O3S/c1-4-12-25-15(3)14(2)19(29(27,28)17-8-6-5-7-9-17)20(25)24-21(26)16-10-11-18(22)23-13-16/h5-11,13H,4,12H2,1-3H3,(H,24,26). The molecule has 0 bridgehead atoms. The first kappa shape index (κ1) is 21.1. The quantitative estimate of drug-likeness (QED) is 0.576. The molecule has 8 heteroatoms. The van der Waals surface area contributed by atoms with Gasteiger partial charge in [0.2, 0.25) is 9.84 Å². The van der Waals surface area contributed by atoms with Gasteiger partial charge in [-0.05, 0) is 50.1 Å². The van der Waals surface area contributed by atoms with Crippen molar-refractivity contribution < 1.29 is 13.2 Å². The van der Waals surface area contributed by atoms with E-state index in [4.69, 9.17) is 11.6 Å². The van der Waals surface area contributed by atoms with Crippen LogP contribution in [0.15, 0.2) is 58.5 Å². The van der Waals surface area contributed by atoms with E-state index in [2.05, 4.69) is 10.3 Å². The van der Waals surface area contributed by atoms with Crippen molar-refractivity contribution in [2.75, 3.05) is 5.32 Å². The lowest BCUT2D eigenvalue weighted by molar-refractivity contribution is 0.102. The molecule has 0 aliphatic rings. The summed E-state index contributed by atoms with van der Waals surface area (Å²) >= 11 is 5.79. The number of carbonyl (C=O) groups excluding carboxylic acids is 1. The number of halogens is 1. The Kier molecular flexibility index (Phi) is 6.10. The third-order valence-corrected chi connectivity index (χ3v) is 6.92. The third-order valence-electron chi connectivity index (χ3n) is 4.76. The van der Waals surface area contributed by atoms with Crippen LogP contribution in [0.25, 0.3) is 0 Å². The molecule has 3 rings (SSSR count). The van der Waals surface area contributed by atoms with Gasteiger partial charge in [-0.15, -0.1) is 0 Å². The highest BCUT2D eigenvalue weighted by Gasteiger charge is 2.30. The maximum atomic E-state index is 13.4. The van der Waals surface area contributed by atoms with Crippen LogP contribution in [0.2, 0.25) is 5.15 Å². The van der Waals surface area contributed by atoms with E-state index >= 15 is 0 Å². The van der Waals surface area contributed by atoms with Crippen LogP contribution >= 0.6 is 11.6 Å². The first-order valence-electron chi connectivity index (χ1n) is 9.20. The summed E-state index contributed by atoms with van der Waals surface area (Å²) < 4.78 is 28.7. The summed E-state index contributed by atoms with van der Waals surface area (Å²) in [6.45, 7) is 6.19. The average Bonchev–Trinajstić information content (AvgIpc) is 2.94. The highest BCUT2D eigenvalue weighted by molar-refractivity contribution is 7.91. The van der Waals surface area contributed by atoms with Crippen LogP contribution in [0, 0.1) is 13.8 Å². The Balaban J connectivity index is 2.15. The van der Waals surface area contributed by atoms with Crippen LogP contribution in [0.1, 0.15) is 35.0 Å². The first-order valence-corrected chi connectivity index (χ1v) is 11.1. The Morgan fingerprint density at radius 1 is 1.14 bits per heavy atom. The monoisotopic (exact) mass is 431 g/mol. The average molecular weight is 432 g/mol. The molecule has 0 aliphatic heterocycles. The zero-order chi connectivity index (χ0) is 21.2. The highest BCUT2D eigenvalue weighted by Crippen LogP contribution is 2.35. The molecule has 1 amide bonds. The van der Waals surface area contributed by atoms with Crippen molar-refractivity contribution >= 4 is 33.2 Å². The van der Waals surface area contributed by atoms with Gasteiger partial charge in [0.1, 0.15) is 15.9 Å². The molecular weight excluding hydrogens is 410 g/mol. The van der Waals surface area contributed by atoms with Crippen molar-refractivity contribution in [2.45, 2.75) is 43.5 Å². The lowest BCUT2D eigenvalue weighted by Crippen LogP contribution is -2.18. The number of carbonyl (C=O) groups is 1. The van der Waals surface area contributed by atoms with E-state index in [1.165, 1.54) is 12.3 Å². The maximum absolute atomic E-state index is 13.4. The summed E-state index contributed by atoms with van der Waals surface area (Å²) in [5.74, 6) is -0.181. The number of hydrogen-bond donors (Lipinski definition) is 1. The fourth-order valence-corrected chi connectivity index (χ4v) is 5.03. The van der Waals surface area contributed by atoms with Gasteiger partial charge in [0.15, 0.2) is 0 Å². The zero-order valence-electron chi connectivity index (χ0n) is 16.4. The van der Waals surface area contributed by atoms with Gasteiger partial charge < -0.3 is 9.88 Å². The Morgan fingerprint density at radius 2 is 1.83 bits per heavy atom. The molecule has 0 atom stereocenters. The maximum Gasteiger partial charge on any atom is 0.258 e. The molecule has 0 spiro atoms. The van der Waals surface area contributed by atoms with Crippen LogP contribution in [-0.2, 0) is 16.4 Å². The summed E-state index contributed by atoms with van der Waals surface area (Å²) in [6, 6.07) is 11.3. The lowest BCUT2D eigenvalue weighted by Gasteiger charge is -2.14. The summed E-state index contributed by atoms with van der Waals surface area (Å²) in [6.07, 6.45) is 2.14. The van der Waals surface area contributed by atoms with E-state index in [-0.39, 0.29) is 26.3 Å². The third kappa shape index (κ3) is 4.06. The lowest BCUT2D eigenvalue weighted by atomic mass is 10.2. The predicted octanol–water partition coefficient (Wildman–Crippen LogP) is 4.65. The molecule has 0 saturated heterocycles. The van der Waals surface area contributed by atoms with Gasteiger partial charge in [0, 0.05) is 18.4 Å². The van der Waals surface area contributed by atoms with Crippen molar-refractivity contribution in [1.29, 1.82) is 0 Å². The number of pyridine rings is 1. The number of anilines is 1. The minimum Gasteiger partial charge on any atom is -0.331 e. The number of nitrogens with one attached hydrogen (secondary N) is 1. The van der Waals surface area contributed by atoms with Crippen LogP contribution in [-0.4, -0.2) is 23.9 Å². The van der Waals surface area contributed by atoms with Crippen LogP contribution in [0.5, 0.6) is 0 Å². The van der Waals surface area contributed by atoms with Gasteiger partial charge in [-0.2, -0.15) is 0 Å². The second kappa shape index (κ2) is 8.39. The highest BCUT2D eigenvalue weighted by atomic mass is 35.5. The molecule has 0 saturated carbocycles. The number of nitrogens with zero attached hydrogens (tertiary/aromatic N) is 2. The zero-order valence-corrected chi connectivity index (χ0v) is 18.0. The van der Waals surface area contributed by atoms with E-state index in [9.17, 15) is 13.2 Å². The Labute approximate surface area is 175 Å². The fourth-order valence-electron chi connectivity index (χ4n) is 3.20. The molecule has 6 nitrogen and oxygen atoms in total.